The maximum Gasteiger partial charge on any atom is 0.256 e. The second-order valence-corrected chi connectivity index (χ2v) is 6.04. The molecule has 120 valence electrons. The van der Waals surface area contributed by atoms with Crippen molar-refractivity contribution in [1.82, 2.24) is 4.90 Å². The van der Waals surface area contributed by atoms with Gasteiger partial charge in [-0.3, -0.25) is 4.79 Å². The van der Waals surface area contributed by atoms with Crippen molar-refractivity contribution in [2.75, 3.05) is 12.3 Å². The summed E-state index contributed by atoms with van der Waals surface area (Å²) in [5, 5.41) is 10.4. The Morgan fingerprint density at radius 1 is 1.17 bits per heavy atom. The molecule has 1 amide bonds. The standard InChI is InChI=1S/C19H22N2O2/c20-17-11-5-4-10-16(17)19(23)21-12-6-9-15(21)13-18(22)14-7-2-1-3-8-14/h1-5,7-8,10-11,15,18,22H,6,9,12-13,20H2. The second-order valence-electron chi connectivity index (χ2n) is 6.04. The molecule has 1 aliphatic rings. The second kappa shape index (κ2) is 6.84. The molecule has 0 aliphatic carbocycles. The summed E-state index contributed by atoms with van der Waals surface area (Å²) in [7, 11) is 0. The van der Waals surface area contributed by atoms with Crippen LogP contribution in [-0.2, 0) is 0 Å². The average molecular weight is 310 g/mol. The Morgan fingerprint density at radius 2 is 1.87 bits per heavy atom. The summed E-state index contributed by atoms with van der Waals surface area (Å²) in [6.45, 7) is 0.722. The van der Waals surface area contributed by atoms with Crippen molar-refractivity contribution in [2.24, 2.45) is 0 Å². The van der Waals surface area contributed by atoms with Gasteiger partial charge in [0.2, 0.25) is 0 Å². The lowest BCUT2D eigenvalue weighted by Crippen LogP contribution is -2.36. The Bertz CT molecular complexity index is 672. The summed E-state index contributed by atoms with van der Waals surface area (Å²) in [4.78, 5) is 14.6. The fourth-order valence-corrected chi connectivity index (χ4v) is 3.26. The summed E-state index contributed by atoms with van der Waals surface area (Å²) in [6.07, 6.45) is 1.89. The van der Waals surface area contributed by atoms with Crippen LogP contribution in [0.25, 0.3) is 0 Å². The molecular formula is C19H22N2O2. The first-order chi connectivity index (χ1) is 11.2. The summed E-state index contributed by atoms with van der Waals surface area (Å²) < 4.78 is 0. The van der Waals surface area contributed by atoms with Gasteiger partial charge in [-0.2, -0.15) is 0 Å². The molecule has 2 unspecified atom stereocenters. The highest BCUT2D eigenvalue weighted by molar-refractivity contribution is 5.99. The van der Waals surface area contributed by atoms with Gasteiger partial charge in [-0.15, -0.1) is 0 Å². The average Bonchev–Trinajstić information content (AvgIpc) is 3.03. The van der Waals surface area contributed by atoms with E-state index in [2.05, 4.69) is 0 Å². The van der Waals surface area contributed by atoms with Crippen LogP contribution in [0.3, 0.4) is 0 Å². The first-order valence-electron chi connectivity index (χ1n) is 8.05. The quantitative estimate of drug-likeness (QED) is 0.853. The number of hydrogen-bond donors (Lipinski definition) is 2. The molecule has 4 heteroatoms. The SMILES string of the molecule is Nc1ccccc1C(=O)N1CCCC1CC(O)c1ccccc1. The molecule has 1 heterocycles. The molecule has 1 aliphatic heterocycles. The molecular weight excluding hydrogens is 288 g/mol. The van der Waals surface area contributed by atoms with Crippen LogP contribution in [0.1, 0.15) is 41.3 Å². The highest BCUT2D eigenvalue weighted by Gasteiger charge is 2.31. The van der Waals surface area contributed by atoms with Crippen molar-refractivity contribution < 1.29 is 9.90 Å². The fourth-order valence-electron chi connectivity index (χ4n) is 3.26. The third-order valence-electron chi connectivity index (χ3n) is 4.51. The summed E-state index contributed by atoms with van der Waals surface area (Å²) in [6, 6.07) is 16.8. The number of aliphatic hydroxyl groups is 1. The van der Waals surface area contributed by atoms with Gasteiger partial charge in [0.05, 0.1) is 11.7 Å². The molecule has 4 nitrogen and oxygen atoms in total. The molecule has 1 saturated heterocycles. The Balaban J connectivity index is 1.73. The molecule has 0 bridgehead atoms. The van der Waals surface area contributed by atoms with Crippen molar-refractivity contribution in [3.63, 3.8) is 0 Å². The van der Waals surface area contributed by atoms with Crippen molar-refractivity contribution in [2.45, 2.75) is 31.4 Å². The number of anilines is 1. The number of rotatable bonds is 4. The van der Waals surface area contributed by atoms with Crippen LogP contribution in [0, 0.1) is 0 Å². The van der Waals surface area contributed by atoms with Gasteiger partial charge >= 0.3 is 0 Å². The molecule has 0 radical (unpaired) electrons. The van der Waals surface area contributed by atoms with E-state index < -0.39 is 6.10 Å². The normalized spacial score (nSPS) is 18.8. The van der Waals surface area contributed by atoms with Gasteiger partial charge in [-0.25, -0.2) is 0 Å². The zero-order valence-electron chi connectivity index (χ0n) is 13.1. The zero-order chi connectivity index (χ0) is 16.2. The predicted molar refractivity (Wildman–Crippen MR) is 90.9 cm³/mol. The van der Waals surface area contributed by atoms with Crippen LogP contribution in [-0.4, -0.2) is 28.5 Å². The molecule has 2 atom stereocenters. The molecule has 3 N–H and O–H groups in total. The molecule has 3 rings (SSSR count). The Hall–Kier alpha value is -2.33. The topological polar surface area (TPSA) is 66.6 Å². The van der Waals surface area contributed by atoms with Crippen LogP contribution in [0.5, 0.6) is 0 Å². The first kappa shape index (κ1) is 15.6. The number of nitrogen functional groups attached to an aromatic ring is 1. The van der Waals surface area contributed by atoms with Crippen LogP contribution in [0.2, 0.25) is 0 Å². The third-order valence-corrected chi connectivity index (χ3v) is 4.51. The van der Waals surface area contributed by atoms with Crippen LogP contribution in [0.4, 0.5) is 5.69 Å². The summed E-state index contributed by atoms with van der Waals surface area (Å²) >= 11 is 0. The van der Waals surface area contributed by atoms with Crippen molar-refractivity contribution in [3.8, 4) is 0 Å². The largest absolute Gasteiger partial charge is 0.398 e. The van der Waals surface area contributed by atoms with Crippen molar-refractivity contribution >= 4 is 11.6 Å². The maximum atomic E-state index is 12.8. The maximum absolute atomic E-state index is 12.8. The molecule has 0 spiro atoms. The van der Waals surface area contributed by atoms with E-state index in [4.69, 9.17) is 5.73 Å². The lowest BCUT2D eigenvalue weighted by Gasteiger charge is -2.27. The summed E-state index contributed by atoms with van der Waals surface area (Å²) in [5.41, 5.74) is 7.88. The fraction of sp³-hybridized carbons (Fsp3) is 0.316. The number of para-hydroxylation sites is 1. The van der Waals surface area contributed by atoms with E-state index in [1.54, 1.807) is 12.1 Å². The van der Waals surface area contributed by atoms with E-state index in [0.717, 1.165) is 24.9 Å². The predicted octanol–water partition coefficient (Wildman–Crippen LogP) is 3.00. The van der Waals surface area contributed by atoms with Gasteiger partial charge < -0.3 is 15.7 Å². The first-order valence-corrected chi connectivity index (χ1v) is 8.05. The van der Waals surface area contributed by atoms with Gasteiger partial charge in [-0.1, -0.05) is 42.5 Å². The van der Waals surface area contributed by atoms with Crippen LogP contribution in [0.15, 0.2) is 54.6 Å². The number of carbonyl (C=O) groups is 1. The van der Waals surface area contributed by atoms with Gasteiger partial charge in [0, 0.05) is 18.3 Å². The number of nitrogens with zero attached hydrogens (tertiary/aromatic N) is 1. The van der Waals surface area contributed by atoms with E-state index in [1.165, 1.54) is 0 Å². The Labute approximate surface area is 136 Å². The minimum atomic E-state index is -0.553. The van der Waals surface area contributed by atoms with E-state index in [9.17, 15) is 9.90 Å². The highest BCUT2D eigenvalue weighted by atomic mass is 16.3. The van der Waals surface area contributed by atoms with Crippen LogP contribution < -0.4 is 5.73 Å². The molecule has 0 aromatic heterocycles. The van der Waals surface area contributed by atoms with E-state index in [1.807, 2.05) is 47.4 Å². The summed E-state index contributed by atoms with van der Waals surface area (Å²) in [5.74, 6) is -0.0362. The van der Waals surface area contributed by atoms with Gasteiger partial charge in [0.15, 0.2) is 0 Å². The van der Waals surface area contributed by atoms with Crippen molar-refractivity contribution in [3.05, 3.63) is 65.7 Å². The van der Waals surface area contributed by atoms with Crippen molar-refractivity contribution in [1.29, 1.82) is 0 Å². The Kier molecular flexibility index (Phi) is 4.63. The Morgan fingerprint density at radius 3 is 2.61 bits per heavy atom. The molecule has 1 fully saturated rings. The minimum Gasteiger partial charge on any atom is -0.398 e. The molecule has 0 saturated carbocycles. The smallest absolute Gasteiger partial charge is 0.256 e. The number of amides is 1. The number of carbonyl (C=O) groups excluding carboxylic acids is 1. The lowest BCUT2D eigenvalue weighted by atomic mass is 10.00. The lowest BCUT2D eigenvalue weighted by molar-refractivity contribution is 0.0668. The number of hydrogen-bond acceptors (Lipinski definition) is 3. The van der Waals surface area contributed by atoms with Gasteiger partial charge in [0.25, 0.3) is 5.91 Å². The number of aliphatic hydroxyl groups excluding tert-OH is 1. The van der Waals surface area contributed by atoms with E-state index in [-0.39, 0.29) is 11.9 Å². The van der Waals surface area contributed by atoms with E-state index in [0.29, 0.717) is 17.7 Å². The molecule has 2 aromatic rings. The highest BCUT2D eigenvalue weighted by Crippen LogP contribution is 2.29. The third kappa shape index (κ3) is 3.37. The van der Waals surface area contributed by atoms with Crippen LogP contribution >= 0.6 is 0 Å². The van der Waals surface area contributed by atoms with Gasteiger partial charge in [-0.05, 0) is 37.0 Å². The number of likely N-dealkylation sites (tertiary alicyclic amines) is 1. The number of benzene rings is 2. The number of nitrogens with two attached hydrogens (primary N) is 1. The molecule has 23 heavy (non-hydrogen) atoms. The molecule has 2 aromatic carbocycles. The van der Waals surface area contributed by atoms with E-state index >= 15 is 0 Å². The monoisotopic (exact) mass is 310 g/mol. The van der Waals surface area contributed by atoms with Gasteiger partial charge in [0.1, 0.15) is 0 Å². The minimum absolute atomic E-state index is 0.0362. The zero-order valence-corrected chi connectivity index (χ0v) is 13.1.